The maximum absolute atomic E-state index is 11.7. The molecule has 94 heavy (non-hydrogen) atoms. The molecule has 9 rings (SSSR count). The number of hydrogen-bond acceptors (Lipinski definition) is 42. The Hall–Kier alpha value is -2.17. The van der Waals surface area contributed by atoms with E-state index in [9.17, 15) is 132 Å². The molecule has 41 atom stereocenters. The minimum Gasteiger partial charge on any atom is -0.477 e. The average molecular weight is 1390 g/mol. The second kappa shape index (κ2) is 31.8. The predicted molar refractivity (Wildman–Crippen MR) is 278 cm³/mol. The lowest BCUT2D eigenvalue weighted by atomic mass is 9.95. The van der Waals surface area contributed by atoms with Crippen molar-refractivity contribution in [1.82, 2.24) is 0 Å². The SMILES string of the molecule is CC1(C(=O)O)OC[C@H]2O[C@@H](O[C@@H]3[C@@H](O)[C@H](O[C@@H]4[C@@H](O)[C@H](OC[C@H]5O[C@@H](OC[C@H]6O[C@@H](O[C@H]7[C@H](O)[C@@H](O)[C@H](O[C@H]8[C@H](O)[C@@H](O)[C@H](O[C@@H]9[C@@H](O)[C@H](O)O[C@H](CO)[C@H]9O)O[C@@H]8CO)O[C@@H]7CO)[C@H](O)[C@@H](O)[C@@H]6O)[C@H](O)[C@@H](O)[C@@H]5O)O[C@H](CO)[C@H]4O)O[C@H](CO)[C@H]3O)[C@H](O)[C@@H](O)[C@@H]2O1. The number of rotatable bonds is 22. The van der Waals surface area contributed by atoms with Gasteiger partial charge in [0.05, 0.1) is 52.9 Å². The van der Waals surface area contributed by atoms with Gasteiger partial charge in [0, 0.05) is 6.92 Å². The highest BCUT2D eigenvalue weighted by Gasteiger charge is 2.60. The maximum Gasteiger partial charge on any atom is 0.364 e. The summed E-state index contributed by atoms with van der Waals surface area (Å²) in [4.78, 5) is 11.7. The van der Waals surface area contributed by atoms with Crippen LogP contribution in [0.3, 0.4) is 0 Å². The molecular formula is C51H84O43. The van der Waals surface area contributed by atoms with Gasteiger partial charge in [-0.1, -0.05) is 0 Å². The van der Waals surface area contributed by atoms with E-state index < -0.39 is 310 Å². The Kier molecular flexibility index (Phi) is 25.7. The van der Waals surface area contributed by atoms with Crippen LogP contribution >= 0.6 is 0 Å². The molecule has 9 saturated heterocycles. The van der Waals surface area contributed by atoms with Gasteiger partial charge >= 0.3 is 5.97 Å². The van der Waals surface area contributed by atoms with Gasteiger partial charge in [-0.25, -0.2) is 4.79 Å². The Labute approximate surface area is 529 Å². The van der Waals surface area contributed by atoms with Gasteiger partial charge in [0.2, 0.25) is 0 Å². The van der Waals surface area contributed by atoms with Crippen molar-refractivity contribution in [2.24, 2.45) is 0 Å². The molecule has 1 unspecified atom stereocenters. The molecule has 0 radical (unpaired) electrons. The fraction of sp³-hybridized carbons (Fsp3) is 0.980. The number of ether oxygens (including phenoxy) is 17. The van der Waals surface area contributed by atoms with E-state index in [1.807, 2.05) is 0 Å². The Morgan fingerprint density at radius 1 is 0.340 bits per heavy atom. The molecule has 9 heterocycles. The summed E-state index contributed by atoms with van der Waals surface area (Å²) >= 11 is 0. The number of fused-ring (bicyclic) bond motifs is 1. The van der Waals surface area contributed by atoms with Gasteiger partial charge in [-0.2, -0.15) is 0 Å². The van der Waals surface area contributed by atoms with Crippen molar-refractivity contribution in [3.05, 3.63) is 0 Å². The van der Waals surface area contributed by atoms with E-state index in [0.29, 0.717) is 0 Å². The quantitative estimate of drug-likeness (QED) is 0.0479. The molecule has 0 amide bonds. The summed E-state index contributed by atoms with van der Waals surface area (Å²) in [5.74, 6) is -3.81. The first kappa shape index (κ1) is 76.0. The van der Waals surface area contributed by atoms with Crippen LogP contribution < -0.4 is 0 Å². The molecule has 546 valence electrons. The molecule has 9 aliphatic rings. The highest BCUT2D eigenvalue weighted by atomic mass is 16.8. The summed E-state index contributed by atoms with van der Waals surface area (Å²) in [6.45, 7) is -6.33. The van der Waals surface area contributed by atoms with E-state index in [2.05, 4.69) is 0 Å². The first-order chi connectivity index (χ1) is 44.4. The first-order valence-electron chi connectivity index (χ1n) is 29.7. The van der Waals surface area contributed by atoms with Crippen molar-refractivity contribution < 1.29 is 213 Å². The molecule has 9 fully saturated rings. The van der Waals surface area contributed by atoms with Gasteiger partial charge in [-0.05, 0) is 0 Å². The Morgan fingerprint density at radius 2 is 0.660 bits per heavy atom. The summed E-state index contributed by atoms with van der Waals surface area (Å²) < 4.78 is 94.4. The van der Waals surface area contributed by atoms with E-state index in [-0.39, 0.29) is 0 Å². The van der Waals surface area contributed by atoms with Gasteiger partial charge < -0.3 is 208 Å². The normalized spacial score (nSPS) is 53.6. The van der Waals surface area contributed by atoms with Gasteiger partial charge in [-0.3, -0.25) is 0 Å². The van der Waals surface area contributed by atoms with Crippen molar-refractivity contribution >= 4 is 5.97 Å². The minimum absolute atomic E-state index is 0.518. The van der Waals surface area contributed by atoms with E-state index in [1.165, 1.54) is 0 Å². The zero-order chi connectivity index (χ0) is 68.8. The van der Waals surface area contributed by atoms with Crippen LogP contribution in [-0.2, 0) is 85.3 Å². The smallest absolute Gasteiger partial charge is 0.364 e. The lowest BCUT2D eigenvalue weighted by Gasteiger charge is -2.50. The highest BCUT2D eigenvalue weighted by Crippen LogP contribution is 2.39. The second-order valence-electron chi connectivity index (χ2n) is 23.9. The van der Waals surface area contributed by atoms with Crippen LogP contribution in [-0.4, -0.2) is 438 Å². The summed E-state index contributed by atoms with van der Waals surface area (Å²) in [6.07, 6.45) is -78.1. The molecule has 9 aliphatic heterocycles. The molecule has 0 spiro atoms. The second-order valence-corrected chi connectivity index (χ2v) is 23.9. The van der Waals surface area contributed by atoms with Gasteiger partial charge in [-0.15, -0.1) is 0 Å². The van der Waals surface area contributed by atoms with Crippen LogP contribution in [0, 0.1) is 0 Å². The molecule has 0 aliphatic carbocycles. The first-order valence-corrected chi connectivity index (χ1v) is 29.7. The lowest BCUT2D eigenvalue weighted by molar-refractivity contribution is -0.402. The average Bonchev–Trinajstić information content (AvgIpc) is 0.777. The van der Waals surface area contributed by atoms with Crippen molar-refractivity contribution in [3.8, 4) is 0 Å². The third-order valence-electron chi connectivity index (χ3n) is 17.7. The van der Waals surface area contributed by atoms with E-state index in [0.717, 1.165) is 6.92 Å². The molecule has 25 N–H and O–H groups in total. The van der Waals surface area contributed by atoms with Crippen LogP contribution in [0.2, 0.25) is 0 Å². The Bertz CT molecular complexity index is 2370. The number of aliphatic carboxylic acids is 1. The molecule has 43 nitrogen and oxygen atoms in total. The van der Waals surface area contributed by atoms with Crippen molar-refractivity contribution in [2.45, 2.75) is 258 Å². The highest BCUT2D eigenvalue weighted by molar-refractivity contribution is 5.75. The van der Waals surface area contributed by atoms with Crippen LogP contribution in [0.4, 0.5) is 0 Å². The van der Waals surface area contributed by atoms with Crippen molar-refractivity contribution in [3.63, 3.8) is 0 Å². The molecule has 0 aromatic heterocycles. The van der Waals surface area contributed by atoms with Crippen LogP contribution in [0.25, 0.3) is 0 Å². The predicted octanol–water partition coefficient (Wildman–Crippen LogP) is -17.6. The zero-order valence-corrected chi connectivity index (χ0v) is 49.3. The van der Waals surface area contributed by atoms with E-state index in [4.69, 9.17) is 80.5 Å². The maximum atomic E-state index is 11.7. The molecular weight excluding hydrogens is 1300 g/mol. The van der Waals surface area contributed by atoms with Gasteiger partial charge in [0.1, 0.15) is 195 Å². The summed E-state index contributed by atoms with van der Waals surface area (Å²) in [7, 11) is 0. The fourth-order valence-corrected chi connectivity index (χ4v) is 12.0. The standard InChI is InChI=1S/C51H84O43/c1-51(50(76)77)80-9-17-38(94-51)27(66)32(71)48(88-17)92-41-22(61)12(4-54)83-49(35(41)74)93-40-21(60)11(3-53)82-44(34(40)73)79-7-15-18(57)23(62)28(67)43(86-15)78-8-16-19(58)24(63)29(68)45(87-16)89-36-13(5-55)84-46(30(69)25(36)64)90-37-14(6-56)85-47(31(70)26(37)65)91-39-20(59)10(2-52)81-42(75)33(39)72/h10-49,52-75H,2-9H2,1H3,(H,76,77)/t10-,11-,12-,13-,14-,15-,16-,17-,18-,19-,20-,21-,22-,23+,24+,25-,26-,27-,28-,29-,30-,31-,32-,33-,34-,35-,36-,37-,38-,39+,40+,41+,42-,43-,44-,45+,46+,47+,48+,49+,51?/m1/s1. The fourth-order valence-electron chi connectivity index (χ4n) is 12.0. The summed E-state index contributed by atoms with van der Waals surface area (Å²) in [5.41, 5.74) is 0. The van der Waals surface area contributed by atoms with E-state index >= 15 is 0 Å². The van der Waals surface area contributed by atoms with Crippen molar-refractivity contribution in [1.29, 1.82) is 0 Å². The topological polar surface area (TPSA) is 680 Å². The zero-order valence-electron chi connectivity index (χ0n) is 49.3. The van der Waals surface area contributed by atoms with Gasteiger partial charge in [0.15, 0.2) is 50.3 Å². The minimum atomic E-state index is -2.25. The van der Waals surface area contributed by atoms with Gasteiger partial charge in [0.25, 0.3) is 5.79 Å². The van der Waals surface area contributed by atoms with Crippen molar-refractivity contribution in [2.75, 3.05) is 52.9 Å². The van der Waals surface area contributed by atoms with Crippen LogP contribution in [0.5, 0.6) is 0 Å². The number of hydrogen-bond donors (Lipinski definition) is 25. The monoisotopic (exact) mass is 1380 g/mol. The third-order valence-corrected chi connectivity index (χ3v) is 17.7. The Morgan fingerprint density at radius 3 is 1.11 bits per heavy atom. The Balaban J connectivity index is 0.793. The van der Waals surface area contributed by atoms with Crippen LogP contribution in [0.1, 0.15) is 6.92 Å². The summed E-state index contributed by atoms with van der Waals surface area (Å²) in [5, 5.41) is 269. The number of carbonyl (C=O) groups is 1. The molecule has 0 bridgehead atoms. The number of aliphatic hydroxyl groups is 24. The van der Waals surface area contributed by atoms with Crippen LogP contribution in [0.15, 0.2) is 0 Å². The number of aliphatic hydroxyl groups excluding tert-OH is 24. The third kappa shape index (κ3) is 15.4. The summed E-state index contributed by atoms with van der Waals surface area (Å²) in [6, 6.07) is 0. The number of carboxylic acids is 1. The lowest BCUT2D eigenvalue weighted by Crippen LogP contribution is -2.69. The molecule has 0 aromatic rings. The van der Waals surface area contributed by atoms with E-state index in [1.54, 1.807) is 0 Å². The number of carboxylic acid groups (broad SMARTS) is 1. The molecule has 43 heteroatoms. The molecule has 0 saturated carbocycles. The largest absolute Gasteiger partial charge is 0.477 e. The molecule has 0 aromatic carbocycles.